The molecular formula is C11H12BrClFN. The molecule has 1 saturated heterocycles. The molecule has 1 aliphatic rings. The van der Waals surface area contributed by atoms with Gasteiger partial charge in [0, 0.05) is 4.47 Å². The third-order valence-corrected chi connectivity index (χ3v) is 3.96. The number of hydrogen-bond donors (Lipinski definition) is 1. The quantitative estimate of drug-likeness (QED) is 0.824. The highest BCUT2D eigenvalue weighted by molar-refractivity contribution is 9.10. The molecule has 1 fully saturated rings. The highest BCUT2D eigenvalue weighted by Gasteiger charge is 2.17. The molecule has 82 valence electrons. The largest absolute Gasteiger partial charge is 0.316 e. The summed E-state index contributed by atoms with van der Waals surface area (Å²) in [5, 5.41) is 3.85. The molecule has 0 radical (unpaired) electrons. The number of benzene rings is 1. The van der Waals surface area contributed by atoms with Crippen LogP contribution in [0.25, 0.3) is 0 Å². The predicted octanol–water partition coefficient (Wildman–Crippen LogP) is 3.39. The van der Waals surface area contributed by atoms with Gasteiger partial charge >= 0.3 is 0 Å². The molecule has 4 heteroatoms. The van der Waals surface area contributed by atoms with E-state index >= 15 is 0 Å². The van der Waals surface area contributed by atoms with E-state index < -0.39 is 0 Å². The van der Waals surface area contributed by atoms with E-state index in [0.717, 1.165) is 31.5 Å². The molecule has 1 unspecified atom stereocenters. The molecule has 0 aromatic heterocycles. The molecule has 1 aromatic carbocycles. The Morgan fingerprint density at radius 1 is 1.53 bits per heavy atom. The second kappa shape index (κ2) is 4.81. The standard InChI is InChI=1S/C11H12BrClFN/c12-9-5-11(14)8(4-10(9)13)3-7-1-2-15-6-7/h4-5,7,15H,1-3,6H2. The van der Waals surface area contributed by atoms with E-state index in [4.69, 9.17) is 11.6 Å². The van der Waals surface area contributed by atoms with Crippen molar-refractivity contribution in [3.63, 3.8) is 0 Å². The minimum Gasteiger partial charge on any atom is -0.316 e. The van der Waals surface area contributed by atoms with Gasteiger partial charge < -0.3 is 5.32 Å². The van der Waals surface area contributed by atoms with E-state index in [1.807, 2.05) is 0 Å². The maximum Gasteiger partial charge on any atom is 0.127 e. The normalized spacial score (nSPS) is 20.9. The molecule has 1 aromatic rings. The van der Waals surface area contributed by atoms with Gasteiger partial charge in [0.25, 0.3) is 0 Å². The summed E-state index contributed by atoms with van der Waals surface area (Å²) < 4.78 is 14.2. The van der Waals surface area contributed by atoms with E-state index in [2.05, 4.69) is 21.2 Å². The Bertz CT molecular complexity index is 364. The molecule has 0 amide bonds. The smallest absolute Gasteiger partial charge is 0.127 e. The Balaban J connectivity index is 2.16. The van der Waals surface area contributed by atoms with Crippen LogP contribution in [0.5, 0.6) is 0 Å². The topological polar surface area (TPSA) is 12.0 Å². The number of nitrogens with one attached hydrogen (secondary N) is 1. The van der Waals surface area contributed by atoms with E-state index in [0.29, 0.717) is 15.4 Å². The first-order valence-electron chi connectivity index (χ1n) is 5.01. The van der Waals surface area contributed by atoms with E-state index in [-0.39, 0.29) is 5.82 Å². The first-order chi connectivity index (χ1) is 7.16. The van der Waals surface area contributed by atoms with Crippen LogP contribution in [0.15, 0.2) is 16.6 Å². The molecule has 0 spiro atoms. The SMILES string of the molecule is Fc1cc(Br)c(Cl)cc1CC1CCNC1. The van der Waals surface area contributed by atoms with Crippen molar-refractivity contribution in [1.82, 2.24) is 5.32 Å². The summed E-state index contributed by atoms with van der Waals surface area (Å²) >= 11 is 9.15. The van der Waals surface area contributed by atoms with Crippen molar-refractivity contribution in [3.8, 4) is 0 Å². The Kier molecular flexibility index (Phi) is 3.65. The van der Waals surface area contributed by atoms with Gasteiger partial charge in [-0.25, -0.2) is 4.39 Å². The van der Waals surface area contributed by atoms with Crippen LogP contribution in [0.3, 0.4) is 0 Å². The highest BCUT2D eigenvalue weighted by atomic mass is 79.9. The zero-order chi connectivity index (χ0) is 10.8. The molecule has 0 saturated carbocycles. The molecule has 2 rings (SSSR count). The zero-order valence-corrected chi connectivity index (χ0v) is 10.5. The molecule has 1 N–H and O–H groups in total. The van der Waals surface area contributed by atoms with E-state index in [9.17, 15) is 4.39 Å². The summed E-state index contributed by atoms with van der Waals surface area (Å²) in [5.74, 6) is 0.370. The second-order valence-corrected chi connectivity index (χ2v) is 5.18. The molecule has 1 atom stereocenters. The third-order valence-electron chi connectivity index (χ3n) is 2.76. The Labute approximate surface area is 102 Å². The van der Waals surface area contributed by atoms with Crippen molar-refractivity contribution in [2.45, 2.75) is 12.8 Å². The van der Waals surface area contributed by atoms with Crippen LogP contribution in [0, 0.1) is 11.7 Å². The summed E-state index contributed by atoms with van der Waals surface area (Å²) in [6.07, 6.45) is 1.89. The number of halogens is 3. The second-order valence-electron chi connectivity index (χ2n) is 3.92. The maximum atomic E-state index is 13.6. The van der Waals surface area contributed by atoms with Crippen molar-refractivity contribution in [2.24, 2.45) is 5.92 Å². The zero-order valence-electron chi connectivity index (χ0n) is 8.19. The number of rotatable bonds is 2. The Hall–Kier alpha value is -0.120. The minimum atomic E-state index is -0.168. The molecule has 1 aliphatic heterocycles. The summed E-state index contributed by atoms with van der Waals surface area (Å²) in [5.41, 5.74) is 0.719. The van der Waals surface area contributed by atoms with Crippen LogP contribution < -0.4 is 5.32 Å². The first-order valence-corrected chi connectivity index (χ1v) is 6.18. The van der Waals surface area contributed by atoms with Crippen LogP contribution in [0.1, 0.15) is 12.0 Å². The fourth-order valence-corrected chi connectivity index (χ4v) is 2.42. The molecule has 1 nitrogen and oxygen atoms in total. The monoisotopic (exact) mass is 291 g/mol. The van der Waals surface area contributed by atoms with Gasteiger partial charge in [0.2, 0.25) is 0 Å². The van der Waals surface area contributed by atoms with Gasteiger partial charge in [0.1, 0.15) is 5.82 Å². The fraction of sp³-hybridized carbons (Fsp3) is 0.455. The van der Waals surface area contributed by atoms with Crippen molar-refractivity contribution in [2.75, 3.05) is 13.1 Å². The van der Waals surface area contributed by atoms with Crippen molar-refractivity contribution in [3.05, 3.63) is 33.0 Å². The third kappa shape index (κ3) is 2.71. The Morgan fingerprint density at radius 2 is 2.33 bits per heavy atom. The summed E-state index contributed by atoms with van der Waals surface area (Å²) in [7, 11) is 0. The van der Waals surface area contributed by atoms with Crippen molar-refractivity contribution < 1.29 is 4.39 Å². The van der Waals surface area contributed by atoms with Gasteiger partial charge in [-0.15, -0.1) is 0 Å². The number of hydrogen-bond acceptors (Lipinski definition) is 1. The van der Waals surface area contributed by atoms with Gasteiger partial charge in [-0.3, -0.25) is 0 Å². The first kappa shape index (κ1) is 11.4. The van der Waals surface area contributed by atoms with Gasteiger partial charge in [-0.2, -0.15) is 0 Å². The lowest BCUT2D eigenvalue weighted by molar-refractivity contribution is 0.543. The van der Waals surface area contributed by atoms with Crippen LogP contribution in [-0.4, -0.2) is 13.1 Å². The average Bonchev–Trinajstić information content (AvgIpc) is 2.67. The maximum absolute atomic E-state index is 13.6. The predicted molar refractivity (Wildman–Crippen MR) is 63.8 cm³/mol. The minimum absolute atomic E-state index is 0.168. The Morgan fingerprint density at radius 3 is 3.00 bits per heavy atom. The summed E-state index contributed by atoms with van der Waals surface area (Å²) in [6.45, 7) is 2.02. The molecule has 15 heavy (non-hydrogen) atoms. The van der Waals surface area contributed by atoms with Gasteiger partial charge in [-0.05, 0) is 65.5 Å². The summed E-state index contributed by atoms with van der Waals surface area (Å²) in [6, 6.07) is 3.17. The van der Waals surface area contributed by atoms with Gasteiger partial charge in [-0.1, -0.05) is 11.6 Å². The van der Waals surface area contributed by atoms with Crippen molar-refractivity contribution in [1.29, 1.82) is 0 Å². The summed E-state index contributed by atoms with van der Waals surface area (Å²) in [4.78, 5) is 0. The molecular weight excluding hydrogens is 280 g/mol. The highest BCUT2D eigenvalue weighted by Crippen LogP contribution is 2.27. The molecule has 0 aliphatic carbocycles. The van der Waals surface area contributed by atoms with E-state index in [1.54, 1.807) is 6.07 Å². The van der Waals surface area contributed by atoms with Crippen LogP contribution in [0.2, 0.25) is 5.02 Å². The van der Waals surface area contributed by atoms with Crippen molar-refractivity contribution >= 4 is 27.5 Å². The fourth-order valence-electron chi connectivity index (χ4n) is 1.92. The lowest BCUT2D eigenvalue weighted by atomic mass is 9.98. The molecule has 1 heterocycles. The van der Waals surface area contributed by atoms with E-state index in [1.165, 1.54) is 6.07 Å². The molecule has 0 bridgehead atoms. The van der Waals surface area contributed by atoms with Crippen LogP contribution in [0.4, 0.5) is 4.39 Å². The van der Waals surface area contributed by atoms with Crippen LogP contribution in [-0.2, 0) is 6.42 Å². The lowest BCUT2D eigenvalue weighted by Gasteiger charge is -2.10. The van der Waals surface area contributed by atoms with Gasteiger partial charge in [0.15, 0.2) is 0 Å². The van der Waals surface area contributed by atoms with Gasteiger partial charge in [0.05, 0.1) is 5.02 Å². The van der Waals surface area contributed by atoms with Crippen LogP contribution >= 0.6 is 27.5 Å². The lowest BCUT2D eigenvalue weighted by Crippen LogP contribution is -2.11. The average molecular weight is 293 g/mol.